The van der Waals surface area contributed by atoms with Crippen molar-refractivity contribution in [1.82, 2.24) is 0 Å². The number of hydrogen-bond donors (Lipinski definition) is 2. The molecule has 0 fully saturated rings. The molecule has 0 aliphatic heterocycles. The second-order valence-electron chi connectivity index (χ2n) is 3.52. The molecule has 1 aromatic rings. The second kappa shape index (κ2) is 4.77. The molecule has 15 heavy (non-hydrogen) atoms. The maximum Gasteiger partial charge on any atom is 0.306 e. The van der Waals surface area contributed by atoms with Crippen molar-refractivity contribution in [3.05, 3.63) is 33.3 Å². The van der Waals surface area contributed by atoms with Gasteiger partial charge in [0.1, 0.15) is 0 Å². The highest BCUT2D eigenvalue weighted by Crippen LogP contribution is 2.29. The Bertz CT molecular complexity index is 388. The minimum Gasteiger partial charge on any atom is -0.481 e. The molecular weight excluding hydrogens is 260 g/mol. The highest BCUT2D eigenvalue weighted by atomic mass is 79.9. The number of rotatable bonds is 3. The molecule has 1 atom stereocenters. The van der Waals surface area contributed by atoms with Gasteiger partial charge in [-0.05, 0) is 30.5 Å². The number of aliphatic hydroxyl groups excluding tert-OH is 1. The van der Waals surface area contributed by atoms with Crippen LogP contribution in [0.25, 0.3) is 0 Å². The van der Waals surface area contributed by atoms with Crippen molar-refractivity contribution < 1.29 is 15.0 Å². The number of carbonyl (C=O) groups is 1. The number of aryl methyl sites for hydroxylation is 1. The lowest BCUT2D eigenvalue weighted by Gasteiger charge is -2.14. The van der Waals surface area contributed by atoms with Crippen molar-refractivity contribution >= 4 is 21.9 Å². The van der Waals surface area contributed by atoms with Crippen LogP contribution in [0.2, 0.25) is 0 Å². The number of hydrogen-bond acceptors (Lipinski definition) is 2. The van der Waals surface area contributed by atoms with Gasteiger partial charge in [0, 0.05) is 4.47 Å². The highest BCUT2D eigenvalue weighted by molar-refractivity contribution is 9.10. The molecule has 1 unspecified atom stereocenters. The first-order valence-electron chi connectivity index (χ1n) is 4.59. The first-order chi connectivity index (χ1) is 6.93. The molecule has 3 nitrogen and oxygen atoms in total. The summed E-state index contributed by atoms with van der Waals surface area (Å²) in [6.45, 7) is 3.81. The van der Waals surface area contributed by atoms with Crippen molar-refractivity contribution in [2.45, 2.75) is 26.4 Å². The summed E-state index contributed by atoms with van der Waals surface area (Å²) in [6, 6.07) is 3.63. The van der Waals surface area contributed by atoms with Gasteiger partial charge in [0.2, 0.25) is 0 Å². The maximum absolute atomic E-state index is 10.5. The van der Waals surface area contributed by atoms with Crippen LogP contribution in [-0.4, -0.2) is 16.2 Å². The summed E-state index contributed by atoms with van der Waals surface area (Å²) in [6.07, 6.45) is -1.21. The van der Waals surface area contributed by atoms with Crippen LogP contribution >= 0.6 is 15.9 Å². The standard InChI is InChI=1S/C11H13BrO3/c1-6-3-4-8(7(2)11(6)12)9(13)5-10(14)15/h3-4,9,13H,5H2,1-2H3,(H,14,15). The number of aliphatic hydroxyl groups is 1. The fourth-order valence-corrected chi connectivity index (χ4v) is 1.83. The molecule has 0 heterocycles. The van der Waals surface area contributed by atoms with E-state index in [1.807, 2.05) is 19.9 Å². The Labute approximate surface area is 96.9 Å². The Morgan fingerprint density at radius 2 is 2.07 bits per heavy atom. The predicted molar refractivity (Wildman–Crippen MR) is 60.8 cm³/mol. The van der Waals surface area contributed by atoms with E-state index in [9.17, 15) is 9.90 Å². The van der Waals surface area contributed by atoms with Crippen LogP contribution in [0.4, 0.5) is 0 Å². The highest BCUT2D eigenvalue weighted by Gasteiger charge is 2.16. The van der Waals surface area contributed by atoms with Crippen molar-refractivity contribution in [1.29, 1.82) is 0 Å². The zero-order valence-corrected chi connectivity index (χ0v) is 10.2. The number of halogens is 1. The van der Waals surface area contributed by atoms with Gasteiger partial charge in [-0.15, -0.1) is 0 Å². The van der Waals surface area contributed by atoms with E-state index in [1.54, 1.807) is 6.07 Å². The van der Waals surface area contributed by atoms with Crippen molar-refractivity contribution in [2.24, 2.45) is 0 Å². The molecule has 82 valence electrons. The van der Waals surface area contributed by atoms with E-state index < -0.39 is 12.1 Å². The first-order valence-corrected chi connectivity index (χ1v) is 5.38. The van der Waals surface area contributed by atoms with Crippen LogP contribution in [0.15, 0.2) is 16.6 Å². The fourth-order valence-electron chi connectivity index (χ4n) is 1.47. The largest absolute Gasteiger partial charge is 0.481 e. The van der Waals surface area contributed by atoms with E-state index in [-0.39, 0.29) is 6.42 Å². The van der Waals surface area contributed by atoms with Crippen LogP contribution in [-0.2, 0) is 4.79 Å². The van der Waals surface area contributed by atoms with E-state index >= 15 is 0 Å². The molecule has 0 saturated heterocycles. The molecule has 1 rings (SSSR count). The molecule has 0 aliphatic carbocycles. The molecule has 4 heteroatoms. The zero-order valence-electron chi connectivity index (χ0n) is 8.62. The summed E-state index contributed by atoms with van der Waals surface area (Å²) < 4.78 is 0.921. The van der Waals surface area contributed by atoms with E-state index in [0.29, 0.717) is 5.56 Å². The van der Waals surface area contributed by atoms with Crippen molar-refractivity contribution in [2.75, 3.05) is 0 Å². The summed E-state index contributed by atoms with van der Waals surface area (Å²) in [5.41, 5.74) is 2.62. The molecule has 0 spiro atoms. The van der Waals surface area contributed by atoms with Crippen molar-refractivity contribution in [3.8, 4) is 0 Å². The van der Waals surface area contributed by atoms with Gasteiger partial charge in [-0.1, -0.05) is 28.1 Å². The number of aliphatic carboxylic acids is 1. The normalized spacial score (nSPS) is 12.5. The number of carboxylic acids is 1. The van der Waals surface area contributed by atoms with Crippen LogP contribution in [0.3, 0.4) is 0 Å². The SMILES string of the molecule is Cc1ccc(C(O)CC(=O)O)c(C)c1Br. The summed E-state index contributed by atoms with van der Waals surface area (Å²) in [5.74, 6) is -1.00. The lowest BCUT2D eigenvalue weighted by Crippen LogP contribution is -2.07. The van der Waals surface area contributed by atoms with E-state index in [0.717, 1.165) is 15.6 Å². The summed E-state index contributed by atoms with van der Waals surface area (Å²) in [4.78, 5) is 10.5. The molecule has 0 aliphatic rings. The van der Waals surface area contributed by atoms with E-state index in [4.69, 9.17) is 5.11 Å². The zero-order chi connectivity index (χ0) is 11.6. The van der Waals surface area contributed by atoms with Crippen molar-refractivity contribution in [3.63, 3.8) is 0 Å². The molecule has 0 amide bonds. The van der Waals surface area contributed by atoms with Crippen LogP contribution < -0.4 is 0 Å². The summed E-state index contributed by atoms with van der Waals surface area (Å²) in [5, 5.41) is 18.3. The molecule has 0 radical (unpaired) electrons. The third-order valence-corrected chi connectivity index (χ3v) is 3.57. The molecular formula is C11H13BrO3. The predicted octanol–water partition coefficient (Wildman–Crippen LogP) is 2.57. The lowest BCUT2D eigenvalue weighted by molar-refractivity contribution is -0.139. The number of benzene rings is 1. The van der Waals surface area contributed by atoms with Crippen LogP contribution in [0.1, 0.15) is 29.2 Å². The molecule has 0 aromatic heterocycles. The Kier molecular flexibility index (Phi) is 3.88. The van der Waals surface area contributed by atoms with Crippen LogP contribution in [0.5, 0.6) is 0 Å². The van der Waals surface area contributed by atoms with Gasteiger partial charge in [0.15, 0.2) is 0 Å². The lowest BCUT2D eigenvalue weighted by atomic mass is 9.99. The van der Waals surface area contributed by atoms with Gasteiger partial charge >= 0.3 is 5.97 Å². The van der Waals surface area contributed by atoms with E-state index in [2.05, 4.69) is 15.9 Å². The molecule has 1 aromatic carbocycles. The van der Waals surface area contributed by atoms with E-state index in [1.165, 1.54) is 0 Å². The molecule has 0 bridgehead atoms. The monoisotopic (exact) mass is 272 g/mol. The minimum atomic E-state index is -1.00. The second-order valence-corrected chi connectivity index (χ2v) is 4.32. The average Bonchev–Trinajstić information content (AvgIpc) is 2.13. The van der Waals surface area contributed by atoms with Gasteiger partial charge < -0.3 is 10.2 Å². The molecule has 2 N–H and O–H groups in total. The topological polar surface area (TPSA) is 57.5 Å². The average molecular weight is 273 g/mol. The Morgan fingerprint density at radius 1 is 1.47 bits per heavy atom. The quantitative estimate of drug-likeness (QED) is 0.889. The summed E-state index contributed by atoms with van der Waals surface area (Å²) >= 11 is 3.41. The number of carboxylic acid groups (broad SMARTS) is 1. The maximum atomic E-state index is 10.5. The minimum absolute atomic E-state index is 0.268. The fraction of sp³-hybridized carbons (Fsp3) is 0.364. The Balaban J connectivity index is 3.05. The van der Waals surface area contributed by atoms with Gasteiger partial charge in [0.25, 0.3) is 0 Å². The smallest absolute Gasteiger partial charge is 0.306 e. The third kappa shape index (κ3) is 2.79. The summed E-state index contributed by atoms with van der Waals surface area (Å²) in [7, 11) is 0. The Hall–Kier alpha value is -0.870. The molecule has 0 saturated carbocycles. The Morgan fingerprint density at radius 3 is 2.60 bits per heavy atom. The van der Waals surface area contributed by atoms with Gasteiger partial charge in [-0.25, -0.2) is 0 Å². The first kappa shape index (κ1) is 12.2. The van der Waals surface area contributed by atoms with Gasteiger partial charge in [0.05, 0.1) is 12.5 Å². The van der Waals surface area contributed by atoms with Crippen LogP contribution in [0, 0.1) is 13.8 Å². The van der Waals surface area contributed by atoms with Gasteiger partial charge in [-0.3, -0.25) is 4.79 Å². The van der Waals surface area contributed by atoms with Gasteiger partial charge in [-0.2, -0.15) is 0 Å². The third-order valence-electron chi connectivity index (χ3n) is 2.35.